The minimum atomic E-state index is 0.456. The molecule has 0 amide bonds. The highest BCUT2D eigenvalue weighted by Crippen LogP contribution is 2.54. The summed E-state index contributed by atoms with van der Waals surface area (Å²) in [5, 5.41) is 0. The molecular weight excluding hydrogens is 158 g/mol. The summed E-state index contributed by atoms with van der Waals surface area (Å²) in [7, 11) is 0. The molecule has 0 aromatic rings. The molecule has 1 nitrogen and oxygen atoms in total. The van der Waals surface area contributed by atoms with Crippen molar-refractivity contribution in [1.29, 1.82) is 0 Å². The van der Waals surface area contributed by atoms with Gasteiger partial charge in [0.1, 0.15) is 0 Å². The van der Waals surface area contributed by atoms with Crippen LogP contribution in [0.25, 0.3) is 0 Å². The molecule has 0 spiro atoms. The van der Waals surface area contributed by atoms with Gasteiger partial charge in [-0.25, -0.2) is 0 Å². The van der Waals surface area contributed by atoms with Crippen molar-refractivity contribution in [3.05, 3.63) is 0 Å². The molecule has 13 heavy (non-hydrogen) atoms. The highest BCUT2D eigenvalue weighted by Gasteiger charge is 2.55. The summed E-state index contributed by atoms with van der Waals surface area (Å²) in [6.45, 7) is 4.65. The molecular formula is C12H23N. The number of rotatable bonds is 2. The van der Waals surface area contributed by atoms with Crippen LogP contribution in [0.15, 0.2) is 0 Å². The van der Waals surface area contributed by atoms with Crippen LogP contribution in [-0.2, 0) is 0 Å². The molecule has 2 rings (SSSR count). The number of hydrogen-bond acceptors (Lipinski definition) is 1. The van der Waals surface area contributed by atoms with Crippen LogP contribution in [0.1, 0.15) is 52.4 Å². The number of hydrogen-bond donors (Lipinski definition) is 1. The average Bonchev–Trinajstić information content (AvgIpc) is 2.57. The Kier molecular flexibility index (Phi) is 2.39. The van der Waals surface area contributed by atoms with Crippen LogP contribution in [0, 0.1) is 17.3 Å². The van der Waals surface area contributed by atoms with Gasteiger partial charge in [0.05, 0.1) is 0 Å². The molecule has 0 saturated heterocycles. The van der Waals surface area contributed by atoms with Crippen LogP contribution in [0.5, 0.6) is 0 Å². The van der Waals surface area contributed by atoms with E-state index in [1.807, 2.05) is 0 Å². The third kappa shape index (κ3) is 1.76. The minimum absolute atomic E-state index is 0.456. The summed E-state index contributed by atoms with van der Waals surface area (Å²) in [4.78, 5) is 0. The SMILES string of the molecule is CC1(C)[C@H](N)[C@H]1CC1CCCCC1. The Labute approximate surface area is 82.1 Å². The fraction of sp³-hybridized carbons (Fsp3) is 1.00. The zero-order valence-corrected chi connectivity index (χ0v) is 9.05. The van der Waals surface area contributed by atoms with Gasteiger partial charge in [-0.3, -0.25) is 0 Å². The van der Waals surface area contributed by atoms with E-state index < -0.39 is 0 Å². The van der Waals surface area contributed by atoms with Crippen LogP contribution < -0.4 is 5.73 Å². The first-order valence-corrected chi connectivity index (χ1v) is 5.88. The topological polar surface area (TPSA) is 26.0 Å². The van der Waals surface area contributed by atoms with E-state index in [0.717, 1.165) is 11.8 Å². The maximum Gasteiger partial charge on any atom is 0.0128 e. The second-order valence-electron chi connectivity index (χ2n) is 5.69. The van der Waals surface area contributed by atoms with E-state index in [4.69, 9.17) is 5.73 Å². The lowest BCUT2D eigenvalue weighted by molar-refractivity contribution is 0.310. The third-order valence-electron chi connectivity index (χ3n) is 4.45. The van der Waals surface area contributed by atoms with Crippen LogP contribution in [0.2, 0.25) is 0 Å². The first-order chi connectivity index (χ1) is 6.12. The van der Waals surface area contributed by atoms with Crippen molar-refractivity contribution in [3.8, 4) is 0 Å². The molecule has 2 fully saturated rings. The van der Waals surface area contributed by atoms with Gasteiger partial charge in [0, 0.05) is 6.04 Å². The van der Waals surface area contributed by atoms with Crippen molar-refractivity contribution in [3.63, 3.8) is 0 Å². The standard InChI is InChI=1S/C12H23N/c1-12(2)10(11(12)13)8-9-6-4-3-5-7-9/h9-11H,3-8,13H2,1-2H3/t10-,11-/m1/s1. The summed E-state index contributed by atoms with van der Waals surface area (Å²) in [5.41, 5.74) is 6.52. The van der Waals surface area contributed by atoms with Gasteiger partial charge in [-0.1, -0.05) is 46.0 Å². The average molecular weight is 181 g/mol. The molecule has 0 heterocycles. The first kappa shape index (κ1) is 9.51. The van der Waals surface area contributed by atoms with Crippen molar-refractivity contribution in [2.24, 2.45) is 23.0 Å². The van der Waals surface area contributed by atoms with Crippen LogP contribution in [0.3, 0.4) is 0 Å². The summed E-state index contributed by atoms with van der Waals surface area (Å²) >= 11 is 0. The lowest BCUT2D eigenvalue weighted by atomic mass is 9.84. The maximum absolute atomic E-state index is 6.06. The van der Waals surface area contributed by atoms with Crippen molar-refractivity contribution in [2.75, 3.05) is 0 Å². The Morgan fingerprint density at radius 1 is 1.15 bits per heavy atom. The van der Waals surface area contributed by atoms with Crippen molar-refractivity contribution in [1.82, 2.24) is 0 Å². The zero-order valence-electron chi connectivity index (χ0n) is 9.05. The Balaban J connectivity index is 1.79. The summed E-state index contributed by atoms with van der Waals surface area (Å²) in [5.74, 6) is 1.84. The van der Waals surface area contributed by atoms with Gasteiger partial charge in [0.15, 0.2) is 0 Å². The maximum atomic E-state index is 6.06. The molecule has 0 aromatic heterocycles. The van der Waals surface area contributed by atoms with E-state index >= 15 is 0 Å². The number of nitrogens with two attached hydrogens (primary N) is 1. The summed E-state index contributed by atoms with van der Waals surface area (Å²) < 4.78 is 0. The fourth-order valence-corrected chi connectivity index (χ4v) is 3.02. The molecule has 0 aromatic carbocycles. The molecule has 2 aliphatic carbocycles. The molecule has 0 radical (unpaired) electrons. The molecule has 0 bridgehead atoms. The molecule has 0 aliphatic heterocycles. The Bertz CT molecular complexity index is 180. The highest BCUT2D eigenvalue weighted by atomic mass is 14.8. The van der Waals surface area contributed by atoms with E-state index in [2.05, 4.69) is 13.8 Å². The van der Waals surface area contributed by atoms with Gasteiger partial charge < -0.3 is 5.73 Å². The lowest BCUT2D eigenvalue weighted by Crippen LogP contribution is -2.10. The predicted molar refractivity (Wildman–Crippen MR) is 56.4 cm³/mol. The first-order valence-electron chi connectivity index (χ1n) is 5.88. The largest absolute Gasteiger partial charge is 0.327 e. The van der Waals surface area contributed by atoms with E-state index in [0.29, 0.717) is 11.5 Å². The normalized spacial score (nSPS) is 39.0. The van der Waals surface area contributed by atoms with Crippen molar-refractivity contribution in [2.45, 2.75) is 58.4 Å². The lowest BCUT2D eigenvalue weighted by Gasteiger charge is -2.21. The van der Waals surface area contributed by atoms with Crippen LogP contribution in [0.4, 0.5) is 0 Å². The molecule has 2 saturated carbocycles. The molecule has 0 unspecified atom stereocenters. The van der Waals surface area contributed by atoms with E-state index in [-0.39, 0.29) is 0 Å². The monoisotopic (exact) mass is 181 g/mol. The second-order valence-corrected chi connectivity index (χ2v) is 5.69. The third-order valence-corrected chi connectivity index (χ3v) is 4.45. The Morgan fingerprint density at radius 2 is 1.69 bits per heavy atom. The molecule has 76 valence electrons. The Hall–Kier alpha value is -0.0400. The smallest absolute Gasteiger partial charge is 0.0128 e. The van der Waals surface area contributed by atoms with E-state index in [1.165, 1.54) is 38.5 Å². The molecule has 2 N–H and O–H groups in total. The zero-order chi connectivity index (χ0) is 9.47. The van der Waals surface area contributed by atoms with Gasteiger partial charge >= 0.3 is 0 Å². The molecule has 2 aliphatic rings. The van der Waals surface area contributed by atoms with E-state index in [1.54, 1.807) is 0 Å². The Morgan fingerprint density at radius 3 is 2.15 bits per heavy atom. The van der Waals surface area contributed by atoms with Gasteiger partial charge in [-0.15, -0.1) is 0 Å². The van der Waals surface area contributed by atoms with E-state index in [9.17, 15) is 0 Å². The van der Waals surface area contributed by atoms with Crippen LogP contribution in [-0.4, -0.2) is 6.04 Å². The fourth-order valence-electron chi connectivity index (χ4n) is 3.02. The highest BCUT2D eigenvalue weighted by molar-refractivity contribution is 5.09. The van der Waals surface area contributed by atoms with Gasteiger partial charge in [-0.05, 0) is 23.7 Å². The summed E-state index contributed by atoms with van der Waals surface area (Å²) in [6, 6.07) is 0.495. The van der Waals surface area contributed by atoms with Crippen LogP contribution >= 0.6 is 0 Å². The molecule has 2 atom stereocenters. The van der Waals surface area contributed by atoms with Gasteiger partial charge in [0.2, 0.25) is 0 Å². The molecule has 1 heteroatoms. The van der Waals surface area contributed by atoms with Gasteiger partial charge in [0.25, 0.3) is 0 Å². The van der Waals surface area contributed by atoms with Crippen molar-refractivity contribution < 1.29 is 0 Å². The van der Waals surface area contributed by atoms with Gasteiger partial charge in [-0.2, -0.15) is 0 Å². The quantitative estimate of drug-likeness (QED) is 0.696. The summed E-state index contributed by atoms with van der Waals surface area (Å²) in [6.07, 6.45) is 8.75. The second kappa shape index (κ2) is 3.27. The predicted octanol–water partition coefficient (Wildman–Crippen LogP) is 2.94. The minimum Gasteiger partial charge on any atom is -0.327 e. The van der Waals surface area contributed by atoms with Crippen molar-refractivity contribution >= 4 is 0 Å².